The summed E-state index contributed by atoms with van der Waals surface area (Å²) < 4.78 is 6.58. The van der Waals surface area contributed by atoms with Gasteiger partial charge < -0.3 is 15.0 Å². The summed E-state index contributed by atoms with van der Waals surface area (Å²) in [4.78, 5) is 14.2. The number of halogens is 1. The first-order chi connectivity index (χ1) is 12.2. The minimum Gasteiger partial charge on any atom is -0.445 e. The largest absolute Gasteiger partial charge is 0.445 e. The summed E-state index contributed by atoms with van der Waals surface area (Å²) in [6.07, 6.45) is 1.72. The van der Waals surface area contributed by atoms with E-state index in [2.05, 4.69) is 39.4 Å². The monoisotopic (exact) mass is 400 g/mol. The van der Waals surface area contributed by atoms with E-state index < -0.39 is 0 Å². The van der Waals surface area contributed by atoms with E-state index in [0.717, 1.165) is 42.5 Å². The first-order valence-corrected chi connectivity index (χ1v) is 9.45. The van der Waals surface area contributed by atoms with Crippen LogP contribution in [0.2, 0.25) is 0 Å². The van der Waals surface area contributed by atoms with Crippen molar-refractivity contribution in [1.82, 2.24) is 4.90 Å². The normalized spacial score (nSPS) is 17.9. The van der Waals surface area contributed by atoms with Crippen molar-refractivity contribution in [3.8, 4) is 0 Å². The standard InChI is InChI=1S/C20H21BrN2O2/c21-16-6-7-18-17(12-16)20(14-22-18)8-10-23(11-9-20)19(24)25-13-15-4-2-1-3-5-15/h1-7,12,22H,8-11,13-14H2. The Morgan fingerprint density at radius 1 is 1.16 bits per heavy atom. The molecule has 2 aromatic carbocycles. The number of nitrogens with one attached hydrogen (secondary N) is 1. The lowest BCUT2D eigenvalue weighted by Crippen LogP contribution is -2.46. The van der Waals surface area contributed by atoms with E-state index in [1.54, 1.807) is 0 Å². The lowest BCUT2D eigenvalue weighted by atomic mass is 9.74. The number of rotatable bonds is 2. The van der Waals surface area contributed by atoms with Crippen molar-refractivity contribution in [2.75, 3.05) is 25.0 Å². The Balaban J connectivity index is 1.38. The van der Waals surface area contributed by atoms with E-state index in [1.807, 2.05) is 35.2 Å². The molecule has 1 fully saturated rings. The first kappa shape index (κ1) is 16.5. The van der Waals surface area contributed by atoms with E-state index in [9.17, 15) is 4.79 Å². The summed E-state index contributed by atoms with van der Waals surface area (Å²) >= 11 is 3.58. The average Bonchev–Trinajstić information content (AvgIpc) is 2.99. The lowest BCUT2D eigenvalue weighted by molar-refractivity contribution is 0.0794. The third-order valence-corrected chi connectivity index (χ3v) is 5.85. The Labute approximate surface area is 156 Å². The fraction of sp³-hybridized carbons (Fsp3) is 0.350. The van der Waals surface area contributed by atoms with Crippen LogP contribution < -0.4 is 5.32 Å². The zero-order chi connectivity index (χ0) is 17.3. The van der Waals surface area contributed by atoms with Crippen molar-refractivity contribution >= 4 is 27.7 Å². The van der Waals surface area contributed by atoms with Crippen molar-refractivity contribution in [2.24, 2.45) is 0 Å². The van der Waals surface area contributed by atoms with Gasteiger partial charge in [-0.15, -0.1) is 0 Å². The van der Waals surface area contributed by atoms with Gasteiger partial charge in [0.15, 0.2) is 0 Å². The molecule has 0 bridgehead atoms. The van der Waals surface area contributed by atoms with Gasteiger partial charge in [-0.3, -0.25) is 0 Å². The Hall–Kier alpha value is -2.01. The smallest absolute Gasteiger partial charge is 0.410 e. The van der Waals surface area contributed by atoms with Gasteiger partial charge in [-0.05, 0) is 42.2 Å². The molecule has 1 N–H and O–H groups in total. The van der Waals surface area contributed by atoms with Gasteiger partial charge in [0.05, 0.1) is 0 Å². The summed E-state index contributed by atoms with van der Waals surface area (Å²) in [5.74, 6) is 0. The van der Waals surface area contributed by atoms with Gasteiger partial charge in [0.1, 0.15) is 6.61 Å². The molecule has 130 valence electrons. The number of hydrogen-bond donors (Lipinski definition) is 1. The number of fused-ring (bicyclic) bond motifs is 2. The van der Waals surface area contributed by atoms with Gasteiger partial charge in [0.25, 0.3) is 0 Å². The van der Waals surface area contributed by atoms with Gasteiger partial charge in [0.2, 0.25) is 0 Å². The number of nitrogens with zero attached hydrogens (tertiary/aromatic N) is 1. The molecule has 2 heterocycles. The summed E-state index contributed by atoms with van der Waals surface area (Å²) in [5, 5.41) is 3.52. The van der Waals surface area contributed by atoms with Crippen LogP contribution >= 0.6 is 15.9 Å². The second-order valence-electron chi connectivity index (χ2n) is 6.85. The van der Waals surface area contributed by atoms with Crippen LogP contribution in [0.3, 0.4) is 0 Å². The molecule has 2 aliphatic heterocycles. The van der Waals surface area contributed by atoms with Crippen molar-refractivity contribution in [2.45, 2.75) is 24.9 Å². The number of carbonyl (C=O) groups excluding carboxylic acids is 1. The third kappa shape index (κ3) is 3.25. The van der Waals surface area contributed by atoms with Gasteiger partial charge in [0, 0.05) is 35.2 Å². The SMILES string of the molecule is O=C(OCc1ccccc1)N1CCC2(CC1)CNc1ccc(Br)cc12. The quantitative estimate of drug-likeness (QED) is 0.803. The topological polar surface area (TPSA) is 41.6 Å². The van der Waals surface area contributed by atoms with Gasteiger partial charge >= 0.3 is 6.09 Å². The second kappa shape index (κ2) is 6.71. The van der Waals surface area contributed by atoms with Crippen molar-refractivity contribution in [3.63, 3.8) is 0 Å². The molecule has 0 radical (unpaired) electrons. The molecule has 0 aromatic heterocycles. The Kier molecular flexibility index (Phi) is 4.42. The van der Waals surface area contributed by atoms with Crippen LogP contribution in [0.15, 0.2) is 53.0 Å². The highest BCUT2D eigenvalue weighted by Crippen LogP contribution is 2.44. The molecule has 4 nitrogen and oxygen atoms in total. The molecule has 25 heavy (non-hydrogen) atoms. The van der Waals surface area contributed by atoms with Crippen molar-refractivity contribution in [1.29, 1.82) is 0 Å². The molecule has 4 rings (SSSR count). The predicted molar refractivity (Wildman–Crippen MR) is 102 cm³/mol. The predicted octanol–water partition coefficient (Wildman–Crippen LogP) is 4.55. The number of ether oxygens (including phenoxy) is 1. The van der Waals surface area contributed by atoms with Gasteiger partial charge in [-0.1, -0.05) is 46.3 Å². The summed E-state index contributed by atoms with van der Waals surface area (Å²) in [6.45, 7) is 2.76. The van der Waals surface area contributed by atoms with E-state index >= 15 is 0 Å². The fourth-order valence-corrected chi connectivity index (χ4v) is 4.20. The number of amides is 1. The minimum absolute atomic E-state index is 0.134. The zero-order valence-corrected chi connectivity index (χ0v) is 15.6. The van der Waals surface area contributed by atoms with Crippen LogP contribution in [0.5, 0.6) is 0 Å². The average molecular weight is 401 g/mol. The maximum atomic E-state index is 12.4. The molecule has 0 saturated carbocycles. The molecular formula is C20H21BrN2O2. The van der Waals surface area contributed by atoms with Crippen LogP contribution in [0.25, 0.3) is 0 Å². The minimum atomic E-state index is -0.209. The molecule has 0 atom stereocenters. The molecule has 1 saturated heterocycles. The van der Waals surface area contributed by atoms with Crippen molar-refractivity contribution in [3.05, 3.63) is 64.1 Å². The molecule has 5 heteroatoms. The van der Waals surface area contributed by atoms with Crippen LogP contribution in [0.1, 0.15) is 24.0 Å². The summed E-state index contributed by atoms with van der Waals surface area (Å²) in [7, 11) is 0. The maximum Gasteiger partial charge on any atom is 0.410 e. The van der Waals surface area contributed by atoms with Crippen molar-refractivity contribution < 1.29 is 9.53 Å². The molecular weight excluding hydrogens is 380 g/mol. The lowest BCUT2D eigenvalue weighted by Gasteiger charge is -2.38. The Morgan fingerprint density at radius 2 is 1.92 bits per heavy atom. The number of carbonyl (C=O) groups is 1. The second-order valence-corrected chi connectivity index (χ2v) is 7.77. The molecule has 1 amide bonds. The van der Waals surface area contributed by atoms with Crippen LogP contribution in [-0.2, 0) is 16.8 Å². The number of anilines is 1. The van der Waals surface area contributed by atoms with E-state index in [1.165, 1.54) is 11.3 Å². The zero-order valence-electron chi connectivity index (χ0n) is 14.0. The molecule has 2 aromatic rings. The van der Waals surface area contributed by atoms with Gasteiger partial charge in [-0.2, -0.15) is 0 Å². The Bertz CT molecular complexity index is 771. The summed E-state index contributed by atoms with van der Waals surface area (Å²) in [6, 6.07) is 16.2. The van der Waals surface area contributed by atoms with Crippen LogP contribution in [0, 0.1) is 0 Å². The maximum absolute atomic E-state index is 12.4. The van der Waals surface area contributed by atoms with E-state index in [4.69, 9.17) is 4.74 Å². The highest BCUT2D eigenvalue weighted by molar-refractivity contribution is 9.10. The van der Waals surface area contributed by atoms with Gasteiger partial charge in [-0.25, -0.2) is 4.79 Å². The molecule has 2 aliphatic rings. The molecule has 0 aliphatic carbocycles. The van der Waals surface area contributed by atoms with E-state index in [0.29, 0.717) is 6.61 Å². The number of hydrogen-bond acceptors (Lipinski definition) is 3. The molecule has 0 unspecified atom stereocenters. The highest BCUT2D eigenvalue weighted by atomic mass is 79.9. The first-order valence-electron chi connectivity index (χ1n) is 8.66. The highest BCUT2D eigenvalue weighted by Gasteiger charge is 2.42. The number of piperidine rings is 1. The number of benzene rings is 2. The fourth-order valence-electron chi connectivity index (χ4n) is 3.84. The van der Waals surface area contributed by atoms with Crippen LogP contribution in [0.4, 0.5) is 10.5 Å². The number of likely N-dealkylation sites (tertiary alicyclic amines) is 1. The third-order valence-electron chi connectivity index (χ3n) is 5.35. The van der Waals surface area contributed by atoms with Crippen LogP contribution in [-0.4, -0.2) is 30.6 Å². The Morgan fingerprint density at radius 3 is 2.68 bits per heavy atom. The summed E-state index contributed by atoms with van der Waals surface area (Å²) in [5.41, 5.74) is 3.75. The van der Waals surface area contributed by atoms with E-state index in [-0.39, 0.29) is 11.5 Å². The molecule has 1 spiro atoms.